The van der Waals surface area contributed by atoms with Gasteiger partial charge in [0.1, 0.15) is 0 Å². The molecule has 0 N–H and O–H groups in total. The zero-order chi connectivity index (χ0) is 11.6. The molecule has 0 radical (unpaired) electrons. The molecule has 0 bridgehead atoms. The summed E-state index contributed by atoms with van der Waals surface area (Å²) in [7, 11) is 0. The van der Waals surface area contributed by atoms with Crippen LogP contribution in [0.2, 0.25) is 0 Å². The van der Waals surface area contributed by atoms with Crippen molar-refractivity contribution < 1.29 is 0 Å². The van der Waals surface area contributed by atoms with E-state index in [-0.39, 0.29) is 5.54 Å². The van der Waals surface area contributed by atoms with Crippen molar-refractivity contribution >= 4 is 0 Å². The van der Waals surface area contributed by atoms with Gasteiger partial charge in [-0.1, -0.05) is 36.5 Å². The fraction of sp³-hybridized carbons (Fsp3) is 0.467. The smallest absolute Gasteiger partial charge is 0.0241 e. The first-order chi connectivity index (χ1) is 7.57. The average molecular weight is 215 g/mol. The molecule has 0 atom stereocenters. The zero-order valence-electron chi connectivity index (χ0n) is 10.5. The lowest BCUT2D eigenvalue weighted by molar-refractivity contribution is 0.143. The molecular formula is C15H21N. The van der Waals surface area contributed by atoms with Gasteiger partial charge in [-0.25, -0.2) is 0 Å². The highest BCUT2D eigenvalue weighted by atomic mass is 15.2. The second-order valence-corrected chi connectivity index (χ2v) is 5.50. The molecule has 0 amide bonds. The maximum absolute atomic E-state index is 2.55. The maximum Gasteiger partial charge on any atom is 0.0241 e. The summed E-state index contributed by atoms with van der Waals surface area (Å²) in [5.74, 6) is 0. The van der Waals surface area contributed by atoms with E-state index in [1.54, 1.807) is 0 Å². The molecule has 2 aliphatic rings. The molecule has 0 aromatic heterocycles. The molecule has 2 rings (SSSR count). The van der Waals surface area contributed by atoms with Crippen molar-refractivity contribution in [3.8, 4) is 0 Å². The Morgan fingerprint density at radius 3 is 2.19 bits per heavy atom. The van der Waals surface area contributed by atoms with Gasteiger partial charge in [-0.05, 0) is 38.3 Å². The molecule has 1 aliphatic heterocycles. The summed E-state index contributed by atoms with van der Waals surface area (Å²) in [6.07, 6.45) is 14.2. The van der Waals surface area contributed by atoms with Crippen LogP contribution in [-0.2, 0) is 0 Å². The summed E-state index contributed by atoms with van der Waals surface area (Å²) in [6.45, 7) is 9.13. The molecular weight excluding hydrogens is 194 g/mol. The topological polar surface area (TPSA) is 3.24 Å². The van der Waals surface area contributed by atoms with E-state index in [1.165, 1.54) is 24.1 Å². The molecule has 1 heterocycles. The number of nitrogens with zero attached hydrogens (tertiary/aromatic N) is 1. The van der Waals surface area contributed by atoms with Gasteiger partial charge in [-0.3, -0.25) is 4.90 Å². The van der Waals surface area contributed by atoms with Crippen LogP contribution in [0.3, 0.4) is 0 Å². The van der Waals surface area contributed by atoms with Crippen molar-refractivity contribution in [3.63, 3.8) is 0 Å². The Balaban J connectivity index is 2.20. The van der Waals surface area contributed by atoms with Gasteiger partial charge < -0.3 is 0 Å². The number of fused-ring (bicyclic) bond motifs is 1. The van der Waals surface area contributed by atoms with Crippen molar-refractivity contribution in [2.45, 2.75) is 32.7 Å². The first kappa shape index (κ1) is 11.4. The highest BCUT2D eigenvalue weighted by molar-refractivity contribution is 5.41. The van der Waals surface area contributed by atoms with E-state index in [1.807, 2.05) is 0 Å². The third-order valence-electron chi connectivity index (χ3n) is 3.30. The van der Waals surface area contributed by atoms with Crippen LogP contribution in [0.25, 0.3) is 0 Å². The molecule has 1 nitrogen and oxygen atoms in total. The Morgan fingerprint density at radius 1 is 0.938 bits per heavy atom. The minimum atomic E-state index is 0.272. The molecule has 16 heavy (non-hydrogen) atoms. The van der Waals surface area contributed by atoms with Gasteiger partial charge >= 0.3 is 0 Å². The summed E-state index contributed by atoms with van der Waals surface area (Å²) in [5.41, 5.74) is 3.25. The Bertz CT molecular complexity index is 375. The second kappa shape index (κ2) is 4.42. The minimum Gasteiger partial charge on any atom is -0.294 e. The van der Waals surface area contributed by atoms with Crippen LogP contribution in [0.4, 0.5) is 0 Å². The Kier molecular flexibility index (Phi) is 3.15. The van der Waals surface area contributed by atoms with Crippen molar-refractivity contribution in [2.24, 2.45) is 0 Å². The number of hydrogen-bond donors (Lipinski definition) is 0. The third-order valence-corrected chi connectivity index (χ3v) is 3.30. The zero-order valence-corrected chi connectivity index (χ0v) is 10.5. The van der Waals surface area contributed by atoms with Crippen molar-refractivity contribution in [1.82, 2.24) is 4.90 Å². The van der Waals surface area contributed by atoms with Crippen molar-refractivity contribution in [3.05, 3.63) is 47.6 Å². The van der Waals surface area contributed by atoms with Crippen molar-refractivity contribution in [1.29, 1.82) is 0 Å². The summed E-state index contributed by atoms with van der Waals surface area (Å²) in [5, 5.41) is 0. The molecule has 1 aliphatic carbocycles. The van der Waals surface area contributed by atoms with Crippen LogP contribution in [0, 0.1) is 0 Å². The summed E-state index contributed by atoms with van der Waals surface area (Å²) >= 11 is 0. The third kappa shape index (κ3) is 2.53. The number of piperidine rings is 1. The fourth-order valence-electron chi connectivity index (χ4n) is 2.20. The van der Waals surface area contributed by atoms with E-state index < -0.39 is 0 Å². The monoisotopic (exact) mass is 215 g/mol. The summed E-state index contributed by atoms with van der Waals surface area (Å²) in [4.78, 5) is 2.55. The lowest BCUT2D eigenvalue weighted by Gasteiger charge is -2.40. The van der Waals surface area contributed by atoms with E-state index in [2.05, 4.69) is 62.1 Å². The Hall–Kier alpha value is -1.08. The van der Waals surface area contributed by atoms with Gasteiger partial charge in [0.15, 0.2) is 0 Å². The highest BCUT2D eigenvalue weighted by Crippen LogP contribution is 2.27. The van der Waals surface area contributed by atoms with Crippen LogP contribution in [-0.4, -0.2) is 23.5 Å². The van der Waals surface area contributed by atoms with Crippen LogP contribution < -0.4 is 0 Å². The van der Waals surface area contributed by atoms with E-state index in [4.69, 9.17) is 0 Å². The van der Waals surface area contributed by atoms with Gasteiger partial charge in [0, 0.05) is 18.6 Å². The largest absolute Gasteiger partial charge is 0.294 e. The van der Waals surface area contributed by atoms with Gasteiger partial charge in [0.25, 0.3) is 0 Å². The van der Waals surface area contributed by atoms with Gasteiger partial charge in [-0.15, -0.1) is 0 Å². The number of allylic oxidation sites excluding steroid dienone is 6. The van der Waals surface area contributed by atoms with Crippen LogP contribution in [0.15, 0.2) is 47.6 Å². The number of likely N-dealkylation sites (tertiary alicyclic amines) is 1. The molecule has 0 unspecified atom stereocenters. The molecule has 1 heteroatoms. The maximum atomic E-state index is 2.55. The number of rotatable bonds is 0. The van der Waals surface area contributed by atoms with Crippen LogP contribution >= 0.6 is 0 Å². The first-order valence-corrected chi connectivity index (χ1v) is 6.06. The predicted octanol–water partition coefficient (Wildman–Crippen LogP) is 3.47. The molecule has 86 valence electrons. The summed E-state index contributed by atoms with van der Waals surface area (Å²) < 4.78 is 0. The van der Waals surface area contributed by atoms with E-state index in [0.29, 0.717) is 0 Å². The normalized spacial score (nSPS) is 32.4. The minimum absolute atomic E-state index is 0.272. The fourth-order valence-corrected chi connectivity index (χ4v) is 2.20. The average Bonchev–Trinajstić information content (AvgIpc) is 2.16. The Morgan fingerprint density at radius 2 is 1.56 bits per heavy atom. The van der Waals surface area contributed by atoms with E-state index in [9.17, 15) is 0 Å². The molecule has 0 spiro atoms. The van der Waals surface area contributed by atoms with Gasteiger partial charge in [0.2, 0.25) is 0 Å². The molecule has 0 saturated carbocycles. The van der Waals surface area contributed by atoms with Crippen LogP contribution in [0.1, 0.15) is 27.2 Å². The van der Waals surface area contributed by atoms with Crippen LogP contribution in [0.5, 0.6) is 0 Å². The first-order valence-electron chi connectivity index (χ1n) is 6.06. The predicted molar refractivity (Wildman–Crippen MR) is 70.4 cm³/mol. The second-order valence-electron chi connectivity index (χ2n) is 5.50. The van der Waals surface area contributed by atoms with Gasteiger partial charge in [0.05, 0.1) is 0 Å². The quantitative estimate of drug-likeness (QED) is 0.598. The lowest BCUT2D eigenvalue weighted by Crippen LogP contribution is -2.45. The molecule has 1 saturated heterocycles. The lowest BCUT2D eigenvalue weighted by atomic mass is 9.92. The van der Waals surface area contributed by atoms with E-state index >= 15 is 0 Å². The SMILES string of the molecule is CC(C)(C)N1CCC2=C/C=C\C=C/C=C\2C1. The van der Waals surface area contributed by atoms with E-state index in [0.717, 1.165) is 6.54 Å². The molecule has 0 aromatic rings. The molecule has 1 fully saturated rings. The number of hydrogen-bond acceptors (Lipinski definition) is 1. The summed E-state index contributed by atoms with van der Waals surface area (Å²) in [6, 6.07) is 0. The highest BCUT2D eigenvalue weighted by Gasteiger charge is 2.26. The standard InChI is InChI=1S/C15H21N/c1-15(2,3)16-11-10-13-8-6-4-5-7-9-14(13)12-16/h4-9H,10-12H2,1-3H3/b5-4?,6-4-,7-5-,8-6?,9-7?,13-8-,14-9-. The van der Waals surface area contributed by atoms with Crippen molar-refractivity contribution in [2.75, 3.05) is 13.1 Å². The van der Waals surface area contributed by atoms with Gasteiger partial charge in [-0.2, -0.15) is 0 Å². The molecule has 0 aromatic carbocycles. The Labute approximate surface area is 98.8 Å².